The number of primary amides is 1. The Morgan fingerprint density at radius 3 is 2.56 bits per heavy atom. The molecule has 0 unspecified atom stereocenters. The quantitative estimate of drug-likeness (QED) is 0.836. The number of aryl methyl sites for hydroxylation is 1. The van der Waals surface area contributed by atoms with Crippen molar-refractivity contribution < 1.29 is 9.59 Å². The van der Waals surface area contributed by atoms with E-state index in [9.17, 15) is 9.59 Å². The Labute approximate surface area is 107 Å². The molecule has 3 N–H and O–H groups in total. The number of rotatable bonds is 4. The maximum Gasteiger partial charge on any atom is 0.318 e. The number of nitrogens with two attached hydrogens (primary N) is 1. The molecule has 0 aliphatic heterocycles. The topological polar surface area (TPSA) is 75.4 Å². The summed E-state index contributed by atoms with van der Waals surface area (Å²) in [6, 6.07) is 6.74. The Balaban J connectivity index is 2.65. The lowest BCUT2D eigenvalue weighted by Crippen LogP contribution is -2.46. The average Bonchev–Trinajstić information content (AvgIpc) is 2.30. The van der Waals surface area contributed by atoms with Crippen LogP contribution in [0.1, 0.15) is 18.1 Å². The standard InChI is InChI=1S/C13H19N3O2/c1-9-6-4-5-7-11(9)8-16(3)10(2)12(17)15-13(14)18/h4-7,10H,8H2,1-3H3,(H3,14,15,17,18)/t10-/m1/s1. The maximum absolute atomic E-state index is 11.6. The molecule has 0 bridgehead atoms. The Kier molecular flexibility index (Phi) is 4.85. The van der Waals surface area contributed by atoms with Crippen LogP contribution in [0.15, 0.2) is 24.3 Å². The molecule has 98 valence electrons. The van der Waals surface area contributed by atoms with Crippen LogP contribution in [0, 0.1) is 6.92 Å². The number of imide groups is 1. The largest absolute Gasteiger partial charge is 0.351 e. The minimum atomic E-state index is -0.823. The van der Waals surface area contributed by atoms with Gasteiger partial charge in [0.05, 0.1) is 6.04 Å². The van der Waals surface area contributed by atoms with E-state index in [1.165, 1.54) is 5.56 Å². The van der Waals surface area contributed by atoms with Gasteiger partial charge in [-0.2, -0.15) is 0 Å². The van der Waals surface area contributed by atoms with Crippen LogP contribution < -0.4 is 11.1 Å². The van der Waals surface area contributed by atoms with Crippen LogP contribution in [0.4, 0.5) is 4.79 Å². The molecule has 0 fully saturated rings. The Hall–Kier alpha value is -1.88. The fraction of sp³-hybridized carbons (Fsp3) is 0.385. The van der Waals surface area contributed by atoms with Gasteiger partial charge in [-0.25, -0.2) is 4.79 Å². The van der Waals surface area contributed by atoms with Crippen LogP contribution >= 0.6 is 0 Å². The molecule has 0 saturated carbocycles. The SMILES string of the molecule is Cc1ccccc1CN(C)[C@H](C)C(=O)NC(N)=O. The highest BCUT2D eigenvalue weighted by atomic mass is 16.2. The van der Waals surface area contributed by atoms with Crippen molar-refractivity contribution in [3.05, 3.63) is 35.4 Å². The number of hydrogen-bond acceptors (Lipinski definition) is 3. The predicted molar refractivity (Wildman–Crippen MR) is 69.8 cm³/mol. The predicted octanol–water partition coefficient (Wildman–Crippen LogP) is 1.01. The van der Waals surface area contributed by atoms with Gasteiger partial charge in [0.15, 0.2) is 0 Å². The molecule has 0 saturated heterocycles. The lowest BCUT2D eigenvalue weighted by atomic mass is 10.1. The number of hydrogen-bond donors (Lipinski definition) is 2. The second-order valence-electron chi connectivity index (χ2n) is 4.37. The third-order valence-electron chi connectivity index (χ3n) is 2.97. The van der Waals surface area contributed by atoms with Crippen molar-refractivity contribution in [2.24, 2.45) is 5.73 Å². The smallest absolute Gasteiger partial charge is 0.318 e. The van der Waals surface area contributed by atoms with Gasteiger partial charge in [-0.05, 0) is 32.0 Å². The van der Waals surface area contributed by atoms with Crippen LogP contribution in [0.5, 0.6) is 0 Å². The average molecular weight is 249 g/mol. The number of carbonyl (C=O) groups is 2. The highest BCUT2D eigenvalue weighted by Crippen LogP contribution is 2.11. The molecule has 0 aliphatic rings. The van der Waals surface area contributed by atoms with Crippen molar-refractivity contribution in [3.8, 4) is 0 Å². The zero-order valence-corrected chi connectivity index (χ0v) is 10.9. The molecule has 1 aromatic carbocycles. The van der Waals surface area contributed by atoms with E-state index in [4.69, 9.17) is 5.73 Å². The number of nitrogens with one attached hydrogen (secondary N) is 1. The lowest BCUT2D eigenvalue weighted by molar-refractivity contribution is -0.124. The molecule has 0 aliphatic carbocycles. The summed E-state index contributed by atoms with van der Waals surface area (Å²) in [4.78, 5) is 24.1. The van der Waals surface area contributed by atoms with Crippen molar-refractivity contribution in [2.45, 2.75) is 26.4 Å². The molecule has 5 heteroatoms. The van der Waals surface area contributed by atoms with E-state index in [1.807, 2.05) is 43.1 Å². The molecule has 0 aromatic heterocycles. The van der Waals surface area contributed by atoms with E-state index in [0.717, 1.165) is 5.56 Å². The van der Waals surface area contributed by atoms with Crippen molar-refractivity contribution in [2.75, 3.05) is 7.05 Å². The Morgan fingerprint density at radius 2 is 2.00 bits per heavy atom. The highest BCUT2D eigenvalue weighted by molar-refractivity contribution is 5.96. The van der Waals surface area contributed by atoms with Crippen molar-refractivity contribution in [1.82, 2.24) is 10.2 Å². The van der Waals surface area contributed by atoms with Crippen molar-refractivity contribution >= 4 is 11.9 Å². The summed E-state index contributed by atoms with van der Waals surface area (Å²) in [6.45, 7) is 4.40. The van der Waals surface area contributed by atoms with E-state index < -0.39 is 18.0 Å². The van der Waals surface area contributed by atoms with Crippen LogP contribution in [0.2, 0.25) is 0 Å². The first kappa shape index (κ1) is 14.2. The number of likely N-dealkylation sites (N-methyl/N-ethyl adjacent to an activating group) is 1. The minimum absolute atomic E-state index is 0.390. The monoisotopic (exact) mass is 249 g/mol. The molecule has 1 aromatic rings. The van der Waals surface area contributed by atoms with Crippen molar-refractivity contribution in [1.29, 1.82) is 0 Å². The second-order valence-corrected chi connectivity index (χ2v) is 4.37. The number of urea groups is 1. The van der Waals surface area contributed by atoms with Gasteiger partial charge in [-0.1, -0.05) is 24.3 Å². The number of nitrogens with zero attached hydrogens (tertiary/aromatic N) is 1. The molecule has 5 nitrogen and oxygen atoms in total. The minimum Gasteiger partial charge on any atom is -0.351 e. The molecule has 0 radical (unpaired) electrons. The van der Waals surface area contributed by atoms with E-state index in [0.29, 0.717) is 6.54 Å². The van der Waals surface area contributed by atoms with E-state index in [1.54, 1.807) is 6.92 Å². The summed E-state index contributed by atoms with van der Waals surface area (Å²) in [7, 11) is 1.83. The molecule has 1 atom stereocenters. The highest BCUT2D eigenvalue weighted by Gasteiger charge is 2.19. The summed E-state index contributed by atoms with van der Waals surface area (Å²) in [5.74, 6) is -0.390. The zero-order chi connectivity index (χ0) is 13.7. The van der Waals surface area contributed by atoms with Gasteiger partial charge in [0.1, 0.15) is 0 Å². The third kappa shape index (κ3) is 3.85. The van der Waals surface area contributed by atoms with Gasteiger partial charge in [0, 0.05) is 6.54 Å². The van der Waals surface area contributed by atoms with Crippen LogP contribution in [-0.4, -0.2) is 29.9 Å². The molecule has 3 amide bonds. The van der Waals surface area contributed by atoms with Crippen molar-refractivity contribution in [3.63, 3.8) is 0 Å². The van der Waals surface area contributed by atoms with E-state index in [-0.39, 0.29) is 0 Å². The first-order valence-corrected chi connectivity index (χ1v) is 5.77. The molecule has 0 heterocycles. The summed E-state index contributed by atoms with van der Waals surface area (Å²) in [5, 5.41) is 2.08. The fourth-order valence-corrected chi connectivity index (χ4v) is 1.62. The van der Waals surface area contributed by atoms with Gasteiger partial charge >= 0.3 is 6.03 Å². The van der Waals surface area contributed by atoms with Gasteiger partial charge in [-0.15, -0.1) is 0 Å². The second kappa shape index (κ2) is 6.16. The molecule has 18 heavy (non-hydrogen) atoms. The van der Waals surface area contributed by atoms with E-state index >= 15 is 0 Å². The zero-order valence-electron chi connectivity index (χ0n) is 10.9. The summed E-state index contributed by atoms with van der Waals surface area (Å²) < 4.78 is 0. The molecule has 0 spiro atoms. The van der Waals surface area contributed by atoms with Gasteiger partial charge in [0.25, 0.3) is 0 Å². The van der Waals surface area contributed by atoms with Gasteiger partial charge in [-0.3, -0.25) is 15.0 Å². The third-order valence-corrected chi connectivity index (χ3v) is 2.97. The molecular weight excluding hydrogens is 230 g/mol. The normalized spacial score (nSPS) is 12.2. The maximum atomic E-state index is 11.6. The van der Waals surface area contributed by atoms with Crippen LogP contribution in [0.25, 0.3) is 0 Å². The van der Waals surface area contributed by atoms with Crippen LogP contribution in [-0.2, 0) is 11.3 Å². The Bertz CT molecular complexity index is 446. The summed E-state index contributed by atoms with van der Waals surface area (Å²) in [5.41, 5.74) is 7.24. The summed E-state index contributed by atoms with van der Waals surface area (Å²) in [6.07, 6.45) is 0. The molecular formula is C13H19N3O2. The number of amides is 3. The number of benzene rings is 1. The van der Waals surface area contributed by atoms with Gasteiger partial charge in [0.2, 0.25) is 5.91 Å². The lowest BCUT2D eigenvalue weighted by Gasteiger charge is -2.24. The Morgan fingerprint density at radius 1 is 1.39 bits per heavy atom. The van der Waals surface area contributed by atoms with E-state index in [2.05, 4.69) is 5.32 Å². The van der Waals surface area contributed by atoms with Crippen LogP contribution in [0.3, 0.4) is 0 Å². The fourth-order valence-electron chi connectivity index (χ4n) is 1.62. The first-order chi connectivity index (χ1) is 8.41. The first-order valence-electron chi connectivity index (χ1n) is 5.77. The summed E-state index contributed by atoms with van der Waals surface area (Å²) >= 11 is 0. The number of carbonyl (C=O) groups excluding carboxylic acids is 2. The van der Waals surface area contributed by atoms with Gasteiger partial charge < -0.3 is 5.73 Å². The molecule has 1 rings (SSSR count).